The van der Waals surface area contributed by atoms with Gasteiger partial charge in [-0.05, 0) is 45.4 Å². The predicted octanol–water partition coefficient (Wildman–Crippen LogP) is 8.92. The van der Waals surface area contributed by atoms with Crippen LogP contribution in [-0.2, 0) is 21.8 Å². The summed E-state index contributed by atoms with van der Waals surface area (Å²) < 4.78 is 6.17. The summed E-state index contributed by atoms with van der Waals surface area (Å²) in [5.41, 5.74) is 1.13. The summed E-state index contributed by atoms with van der Waals surface area (Å²) in [5, 5.41) is 14.2. The molecule has 1 saturated heterocycles. The van der Waals surface area contributed by atoms with Gasteiger partial charge in [0.15, 0.2) is 0 Å². The fourth-order valence-electron chi connectivity index (χ4n) is 5.18. The number of benzene rings is 4. The Labute approximate surface area is 249 Å². The van der Waals surface area contributed by atoms with Crippen molar-refractivity contribution in [3.8, 4) is 0 Å². The van der Waals surface area contributed by atoms with Gasteiger partial charge in [-0.25, -0.2) is 12.1 Å². The molecule has 1 atom stereocenters. The van der Waals surface area contributed by atoms with E-state index in [9.17, 15) is 0 Å². The van der Waals surface area contributed by atoms with Gasteiger partial charge >= 0.3 is 17.1 Å². The first-order chi connectivity index (χ1) is 19.2. The first-order valence-electron chi connectivity index (χ1n) is 13.6. The van der Waals surface area contributed by atoms with Gasteiger partial charge in [0.25, 0.3) is 0 Å². The number of hydrogen-bond acceptors (Lipinski definition) is 1. The van der Waals surface area contributed by atoms with Crippen molar-refractivity contribution in [3.63, 3.8) is 0 Å². The largest absolute Gasteiger partial charge is 2.00 e. The van der Waals surface area contributed by atoms with E-state index < -0.39 is 7.92 Å². The van der Waals surface area contributed by atoms with Crippen molar-refractivity contribution in [3.05, 3.63) is 156 Å². The Hall–Kier alpha value is -3.48. The maximum Gasteiger partial charge on any atom is 2.00 e. The molecule has 0 amide bonds. The van der Waals surface area contributed by atoms with E-state index in [1.54, 1.807) is 0 Å². The molecule has 1 fully saturated rings. The Morgan fingerprint density at radius 1 is 0.775 bits per heavy atom. The monoisotopic (exact) mass is 581 g/mol. The maximum absolute atomic E-state index is 6.17. The summed E-state index contributed by atoms with van der Waals surface area (Å²) in [4.78, 5) is 0. The first-order valence-corrected chi connectivity index (χ1v) is 14.9. The molecule has 0 spiro atoms. The van der Waals surface area contributed by atoms with E-state index in [4.69, 9.17) is 10.1 Å². The number of fused-ring (bicyclic) bond motifs is 2. The van der Waals surface area contributed by atoms with Crippen molar-refractivity contribution >= 4 is 40.1 Å². The van der Waals surface area contributed by atoms with Gasteiger partial charge in [-0.15, -0.1) is 0 Å². The van der Waals surface area contributed by atoms with Gasteiger partial charge in [0.2, 0.25) is 0 Å². The van der Waals surface area contributed by atoms with Crippen LogP contribution in [0.25, 0.3) is 26.9 Å². The summed E-state index contributed by atoms with van der Waals surface area (Å²) in [6, 6.07) is 41.1. The Morgan fingerprint density at radius 2 is 1.35 bits per heavy atom. The zero-order valence-electron chi connectivity index (χ0n) is 22.7. The van der Waals surface area contributed by atoms with Crippen molar-refractivity contribution in [2.45, 2.75) is 19.9 Å². The number of ether oxygens (including phenoxy) is 1. The van der Waals surface area contributed by atoms with Crippen LogP contribution in [-0.4, -0.2) is 12.6 Å². The van der Waals surface area contributed by atoms with Gasteiger partial charge in [-0.1, -0.05) is 129 Å². The fourth-order valence-corrected chi connectivity index (χ4v) is 7.97. The van der Waals surface area contributed by atoms with Crippen LogP contribution >= 0.6 is 7.92 Å². The van der Waals surface area contributed by atoms with Crippen molar-refractivity contribution in [1.82, 2.24) is 0 Å². The molecule has 0 unspecified atom stereocenters. The zero-order chi connectivity index (χ0) is 26.6. The molecule has 2 nitrogen and oxygen atoms in total. The topological polar surface area (TPSA) is 23.3 Å². The molecule has 4 heteroatoms. The van der Waals surface area contributed by atoms with Gasteiger partial charge in [-0.2, -0.15) is 18.2 Å². The maximum atomic E-state index is 6.17. The molecule has 7 rings (SSSR count). The molecule has 0 bridgehead atoms. The summed E-state index contributed by atoms with van der Waals surface area (Å²) in [6.07, 6.45) is 6.62. The SMILES string of the molecule is CC(C)[C@@H]1COC(=C2C=CC=C2P(c2cccc3ccccc23)c2cccc3ccccc23)[N-]1.[Fe+2].c1cc[cH-]c1. The quantitative estimate of drug-likeness (QED) is 0.118. The van der Waals surface area contributed by atoms with E-state index in [-0.39, 0.29) is 23.1 Å². The number of hydrogen-bond donors (Lipinski definition) is 0. The van der Waals surface area contributed by atoms with Gasteiger partial charge in [0, 0.05) is 11.5 Å². The molecule has 0 saturated carbocycles. The fraction of sp³-hybridized carbons (Fsp3) is 0.139. The van der Waals surface area contributed by atoms with Gasteiger partial charge in [0.1, 0.15) is 0 Å². The molecule has 200 valence electrons. The average molecular weight is 581 g/mol. The number of rotatable bonds is 4. The van der Waals surface area contributed by atoms with Crippen LogP contribution < -0.4 is 10.6 Å². The Bertz CT molecular complexity index is 1580. The summed E-state index contributed by atoms with van der Waals surface area (Å²) in [7, 11) is -0.836. The molecule has 5 aromatic carbocycles. The van der Waals surface area contributed by atoms with Crippen molar-refractivity contribution in [1.29, 1.82) is 0 Å². The minimum absolute atomic E-state index is 0. The summed E-state index contributed by atoms with van der Waals surface area (Å²) in [6.45, 7) is 5.09. The van der Waals surface area contributed by atoms with Crippen LogP contribution in [0.3, 0.4) is 0 Å². The Kier molecular flexibility index (Phi) is 8.98. The number of nitrogens with zero attached hydrogens (tertiary/aromatic N) is 1. The van der Waals surface area contributed by atoms with Crippen LogP contribution in [0.4, 0.5) is 0 Å². The third-order valence-electron chi connectivity index (χ3n) is 7.28. The van der Waals surface area contributed by atoms with Crippen LogP contribution in [0.15, 0.2) is 150 Å². The molecular formula is C36H32FeNOP. The van der Waals surface area contributed by atoms with E-state index in [1.807, 2.05) is 30.3 Å². The molecule has 1 heterocycles. The van der Waals surface area contributed by atoms with Crippen LogP contribution in [0, 0.1) is 5.92 Å². The number of allylic oxidation sites excluding steroid dienone is 5. The van der Waals surface area contributed by atoms with Gasteiger partial charge < -0.3 is 10.1 Å². The Morgan fingerprint density at radius 3 is 1.88 bits per heavy atom. The van der Waals surface area contributed by atoms with Crippen LogP contribution in [0.5, 0.6) is 0 Å². The summed E-state index contributed by atoms with van der Waals surface area (Å²) in [5.74, 6) is 1.26. The third kappa shape index (κ3) is 5.70. The van der Waals surface area contributed by atoms with E-state index in [2.05, 4.69) is 117 Å². The third-order valence-corrected chi connectivity index (χ3v) is 9.89. The van der Waals surface area contributed by atoms with E-state index in [0.717, 1.165) is 11.5 Å². The second kappa shape index (κ2) is 12.8. The van der Waals surface area contributed by atoms with Gasteiger partial charge in [-0.3, -0.25) is 0 Å². The van der Waals surface area contributed by atoms with E-state index >= 15 is 0 Å². The second-order valence-electron chi connectivity index (χ2n) is 10.2. The molecule has 2 aliphatic rings. The molecule has 1 aliphatic carbocycles. The first kappa shape index (κ1) is 28.1. The van der Waals surface area contributed by atoms with Crippen molar-refractivity contribution in [2.24, 2.45) is 5.92 Å². The molecule has 0 N–H and O–H groups in total. The zero-order valence-corrected chi connectivity index (χ0v) is 24.7. The van der Waals surface area contributed by atoms with E-state index in [1.165, 1.54) is 37.5 Å². The van der Waals surface area contributed by atoms with Crippen molar-refractivity contribution in [2.75, 3.05) is 6.61 Å². The van der Waals surface area contributed by atoms with Crippen LogP contribution in [0.1, 0.15) is 13.8 Å². The Balaban J connectivity index is 0.000000487. The minimum atomic E-state index is -0.836. The predicted molar refractivity (Wildman–Crippen MR) is 168 cm³/mol. The molecule has 1 aliphatic heterocycles. The molecule has 0 aromatic heterocycles. The van der Waals surface area contributed by atoms with E-state index in [0.29, 0.717) is 12.5 Å². The summed E-state index contributed by atoms with van der Waals surface area (Å²) >= 11 is 0. The minimum Gasteiger partial charge on any atom is -0.648 e. The smallest absolute Gasteiger partial charge is 0.648 e. The standard InChI is InChI=1S/C31H27NOP.C5H5.Fe/c1-21(2)27-20-33-31(32-27)26-16-9-19-30(26)34(28-17-7-12-22-10-3-5-14-24(22)28)29-18-8-13-23-11-4-6-15-25(23)29;1-2-4-5-3-1;/h3-19,21,27H,20H2,1-2H3;1-5H;/q2*-1;+2/t27-;;/m0../s1. The molecule has 0 radical (unpaired) electrons. The second-order valence-corrected chi connectivity index (χ2v) is 12.3. The molecular weight excluding hydrogens is 549 g/mol. The van der Waals surface area contributed by atoms with Gasteiger partial charge in [0.05, 0.1) is 6.61 Å². The molecule has 5 aromatic rings. The van der Waals surface area contributed by atoms with Crippen LogP contribution in [0.2, 0.25) is 0 Å². The molecule has 40 heavy (non-hydrogen) atoms. The van der Waals surface area contributed by atoms with Crippen molar-refractivity contribution < 1.29 is 21.8 Å². The average Bonchev–Trinajstić information content (AvgIpc) is 3.77. The normalized spacial score (nSPS) is 17.8.